The maximum atomic E-state index is 12.3. The predicted molar refractivity (Wildman–Crippen MR) is 94.6 cm³/mol. The Kier molecular flexibility index (Phi) is 5.46. The molecule has 0 atom stereocenters. The topological polar surface area (TPSA) is 79.4 Å². The second kappa shape index (κ2) is 7.41. The summed E-state index contributed by atoms with van der Waals surface area (Å²) in [4.78, 5) is 16.5. The van der Waals surface area contributed by atoms with Crippen LogP contribution in [0.4, 0.5) is 0 Å². The first-order chi connectivity index (χ1) is 11.5. The molecule has 1 amide bonds. The molecule has 1 aliphatic heterocycles. The molecule has 1 saturated carbocycles. The average Bonchev–Trinajstić information content (AvgIpc) is 3.45. The molecule has 132 valence electrons. The summed E-state index contributed by atoms with van der Waals surface area (Å²) >= 11 is 1.45. The highest BCUT2D eigenvalue weighted by atomic mass is 32.2. The SMILES string of the molecule is CSc1ncccc1C(=O)NCC1CCN(S(=O)(=O)C2CC2)CC1. The van der Waals surface area contributed by atoms with Gasteiger partial charge in [-0.15, -0.1) is 11.8 Å². The van der Waals surface area contributed by atoms with Crippen molar-refractivity contribution >= 4 is 27.7 Å². The number of hydrogen-bond donors (Lipinski definition) is 1. The lowest BCUT2D eigenvalue weighted by molar-refractivity contribution is 0.0938. The van der Waals surface area contributed by atoms with Gasteiger partial charge in [0.05, 0.1) is 10.8 Å². The lowest BCUT2D eigenvalue weighted by Gasteiger charge is -2.31. The quantitative estimate of drug-likeness (QED) is 0.773. The Morgan fingerprint density at radius 2 is 2.04 bits per heavy atom. The first-order valence-corrected chi connectivity index (χ1v) is 11.0. The zero-order chi connectivity index (χ0) is 17.2. The minimum absolute atomic E-state index is 0.111. The molecule has 0 radical (unpaired) electrons. The van der Waals surface area contributed by atoms with E-state index < -0.39 is 10.0 Å². The molecule has 2 heterocycles. The Hall–Kier alpha value is -1.12. The van der Waals surface area contributed by atoms with Crippen molar-refractivity contribution in [3.05, 3.63) is 23.9 Å². The maximum Gasteiger partial charge on any atom is 0.254 e. The number of rotatable bonds is 6. The summed E-state index contributed by atoms with van der Waals surface area (Å²) in [7, 11) is -3.06. The highest BCUT2D eigenvalue weighted by molar-refractivity contribution is 7.98. The molecular weight excluding hydrogens is 346 g/mol. The van der Waals surface area contributed by atoms with Crippen LogP contribution in [-0.4, -0.2) is 54.8 Å². The van der Waals surface area contributed by atoms with E-state index >= 15 is 0 Å². The van der Waals surface area contributed by atoms with Gasteiger partial charge < -0.3 is 5.32 Å². The molecule has 24 heavy (non-hydrogen) atoms. The van der Waals surface area contributed by atoms with Crippen LogP contribution in [0.5, 0.6) is 0 Å². The fourth-order valence-corrected chi connectivity index (χ4v) is 5.42. The highest BCUT2D eigenvalue weighted by Crippen LogP contribution is 2.33. The fourth-order valence-electron chi connectivity index (χ4n) is 3.00. The zero-order valence-electron chi connectivity index (χ0n) is 13.8. The molecule has 1 aromatic rings. The van der Waals surface area contributed by atoms with E-state index in [1.165, 1.54) is 11.8 Å². The van der Waals surface area contributed by atoms with E-state index in [-0.39, 0.29) is 11.2 Å². The second-order valence-corrected chi connectivity index (χ2v) is 9.36. The minimum atomic E-state index is -3.06. The summed E-state index contributed by atoms with van der Waals surface area (Å²) in [5.74, 6) is 0.217. The third-order valence-corrected chi connectivity index (χ3v) is 7.75. The van der Waals surface area contributed by atoms with E-state index in [1.54, 1.807) is 22.6 Å². The van der Waals surface area contributed by atoms with Crippen LogP contribution in [0.2, 0.25) is 0 Å². The highest BCUT2D eigenvalue weighted by Gasteiger charge is 2.41. The Morgan fingerprint density at radius 1 is 1.33 bits per heavy atom. The van der Waals surface area contributed by atoms with Crippen LogP contribution in [0, 0.1) is 5.92 Å². The first kappa shape index (κ1) is 17.7. The van der Waals surface area contributed by atoms with Crippen LogP contribution in [0.25, 0.3) is 0 Å². The predicted octanol–water partition coefficient (Wildman–Crippen LogP) is 1.74. The van der Waals surface area contributed by atoms with Gasteiger partial charge in [-0.3, -0.25) is 4.79 Å². The number of carbonyl (C=O) groups excluding carboxylic acids is 1. The van der Waals surface area contributed by atoms with E-state index in [4.69, 9.17) is 0 Å². The van der Waals surface area contributed by atoms with Gasteiger partial charge in [0.25, 0.3) is 5.91 Å². The lowest BCUT2D eigenvalue weighted by atomic mass is 9.98. The van der Waals surface area contributed by atoms with Crippen LogP contribution in [0.3, 0.4) is 0 Å². The van der Waals surface area contributed by atoms with Crippen LogP contribution in [0.1, 0.15) is 36.0 Å². The number of hydrogen-bond acceptors (Lipinski definition) is 5. The van der Waals surface area contributed by atoms with Crippen LogP contribution in [0.15, 0.2) is 23.4 Å². The standard InChI is InChI=1S/C16H23N3O3S2/c1-23-16-14(3-2-8-17-16)15(20)18-11-12-6-9-19(10-7-12)24(21,22)13-4-5-13/h2-3,8,12-13H,4-7,9-11H2,1H3,(H,18,20). The number of nitrogens with one attached hydrogen (secondary N) is 1. The number of aromatic nitrogens is 1. The zero-order valence-corrected chi connectivity index (χ0v) is 15.4. The van der Waals surface area contributed by atoms with Crippen LogP contribution < -0.4 is 5.32 Å². The Morgan fingerprint density at radius 3 is 2.67 bits per heavy atom. The van der Waals surface area contributed by atoms with Gasteiger partial charge in [-0.2, -0.15) is 0 Å². The number of piperidine rings is 1. The molecule has 1 saturated heterocycles. The van der Waals surface area contributed by atoms with Crippen molar-refractivity contribution in [1.29, 1.82) is 0 Å². The molecule has 0 spiro atoms. The average molecular weight is 370 g/mol. The Labute approximate surface area is 147 Å². The molecule has 2 fully saturated rings. The number of thioether (sulfide) groups is 1. The Bertz CT molecular complexity index is 696. The van der Waals surface area contributed by atoms with Crippen molar-refractivity contribution in [3.63, 3.8) is 0 Å². The number of pyridine rings is 1. The summed E-state index contributed by atoms with van der Waals surface area (Å²) < 4.78 is 26.1. The summed E-state index contributed by atoms with van der Waals surface area (Å²) in [5.41, 5.74) is 0.596. The third-order valence-electron chi connectivity index (χ3n) is 4.64. The van der Waals surface area contributed by atoms with Gasteiger partial charge in [-0.05, 0) is 50.0 Å². The molecular formula is C16H23N3O3S2. The van der Waals surface area contributed by atoms with E-state index in [0.29, 0.717) is 31.1 Å². The van der Waals surface area contributed by atoms with Crippen molar-refractivity contribution in [3.8, 4) is 0 Å². The van der Waals surface area contributed by atoms with Gasteiger partial charge in [-0.1, -0.05) is 0 Å². The van der Waals surface area contributed by atoms with Crippen molar-refractivity contribution in [1.82, 2.24) is 14.6 Å². The van der Waals surface area contributed by atoms with Crippen molar-refractivity contribution < 1.29 is 13.2 Å². The van der Waals surface area contributed by atoms with Gasteiger partial charge in [-0.25, -0.2) is 17.7 Å². The minimum Gasteiger partial charge on any atom is -0.352 e. The first-order valence-electron chi connectivity index (χ1n) is 8.28. The van der Waals surface area contributed by atoms with Gasteiger partial charge in [0.2, 0.25) is 10.0 Å². The molecule has 2 aliphatic rings. The second-order valence-electron chi connectivity index (χ2n) is 6.36. The van der Waals surface area contributed by atoms with Crippen molar-refractivity contribution in [2.45, 2.75) is 36.0 Å². The van der Waals surface area contributed by atoms with Gasteiger partial charge >= 0.3 is 0 Å². The Balaban J connectivity index is 1.49. The van der Waals surface area contributed by atoms with Gasteiger partial charge in [0, 0.05) is 25.8 Å². The molecule has 1 aromatic heterocycles. The van der Waals surface area contributed by atoms with E-state index in [2.05, 4.69) is 10.3 Å². The molecule has 0 unspecified atom stereocenters. The van der Waals surface area contributed by atoms with Crippen LogP contribution >= 0.6 is 11.8 Å². The molecule has 3 rings (SSSR count). The lowest BCUT2D eigenvalue weighted by Crippen LogP contribution is -2.42. The normalized spacial score (nSPS) is 20.0. The maximum absolute atomic E-state index is 12.3. The van der Waals surface area contributed by atoms with E-state index in [9.17, 15) is 13.2 Å². The summed E-state index contributed by atoms with van der Waals surface area (Å²) in [5, 5.41) is 3.56. The van der Waals surface area contributed by atoms with Gasteiger partial charge in [0.15, 0.2) is 0 Å². The molecule has 1 N–H and O–H groups in total. The van der Waals surface area contributed by atoms with Crippen molar-refractivity contribution in [2.75, 3.05) is 25.9 Å². The number of carbonyl (C=O) groups is 1. The van der Waals surface area contributed by atoms with E-state index in [1.807, 2.05) is 6.26 Å². The molecule has 1 aliphatic carbocycles. The van der Waals surface area contributed by atoms with Gasteiger partial charge in [0.1, 0.15) is 5.03 Å². The molecule has 6 nitrogen and oxygen atoms in total. The fraction of sp³-hybridized carbons (Fsp3) is 0.625. The number of amides is 1. The smallest absolute Gasteiger partial charge is 0.254 e. The summed E-state index contributed by atoms with van der Waals surface area (Å²) in [6.07, 6.45) is 6.79. The summed E-state index contributed by atoms with van der Waals surface area (Å²) in [6, 6.07) is 3.54. The third kappa shape index (κ3) is 3.92. The number of nitrogens with zero attached hydrogens (tertiary/aromatic N) is 2. The summed E-state index contributed by atoms with van der Waals surface area (Å²) in [6.45, 7) is 1.73. The molecule has 0 bridgehead atoms. The van der Waals surface area contributed by atoms with Crippen molar-refractivity contribution in [2.24, 2.45) is 5.92 Å². The largest absolute Gasteiger partial charge is 0.352 e. The van der Waals surface area contributed by atoms with E-state index in [0.717, 1.165) is 30.7 Å². The monoisotopic (exact) mass is 369 g/mol. The number of sulfonamides is 1. The molecule has 0 aromatic carbocycles. The molecule has 8 heteroatoms. The van der Waals surface area contributed by atoms with Crippen LogP contribution in [-0.2, 0) is 10.0 Å².